The molecule has 2 unspecified atom stereocenters. The van der Waals surface area contributed by atoms with E-state index in [2.05, 4.69) is 49.8 Å². The Kier molecular flexibility index (Phi) is 4.72. The maximum atomic E-state index is 12.9. The SMILES string of the molecule is CC(C)c1ccc2c(n1)CCN(C(=O)C1CCN(C)C(C)C1)C2. The molecule has 2 atom stereocenters. The smallest absolute Gasteiger partial charge is 0.226 e. The predicted molar refractivity (Wildman–Crippen MR) is 92.3 cm³/mol. The summed E-state index contributed by atoms with van der Waals surface area (Å²) in [5.74, 6) is 1.01. The average molecular weight is 315 g/mol. The summed E-state index contributed by atoms with van der Waals surface area (Å²) in [6.07, 6.45) is 2.88. The van der Waals surface area contributed by atoms with E-state index in [0.717, 1.165) is 44.6 Å². The largest absolute Gasteiger partial charge is 0.338 e. The van der Waals surface area contributed by atoms with Crippen LogP contribution in [0.5, 0.6) is 0 Å². The van der Waals surface area contributed by atoms with E-state index in [1.54, 1.807) is 0 Å². The van der Waals surface area contributed by atoms with Gasteiger partial charge in [0.1, 0.15) is 0 Å². The molecule has 4 nitrogen and oxygen atoms in total. The van der Waals surface area contributed by atoms with Gasteiger partial charge in [-0.1, -0.05) is 19.9 Å². The Morgan fingerprint density at radius 2 is 2.09 bits per heavy atom. The van der Waals surface area contributed by atoms with Gasteiger partial charge in [-0.15, -0.1) is 0 Å². The Morgan fingerprint density at radius 1 is 1.30 bits per heavy atom. The van der Waals surface area contributed by atoms with Crippen molar-refractivity contribution in [1.82, 2.24) is 14.8 Å². The van der Waals surface area contributed by atoms with Crippen LogP contribution in [0.3, 0.4) is 0 Å². The number of hydrogen-bond acceptors (Lipinski definition) is 3. The van der Waals surface area contributed by atoms with Crippen molar-refractivity contribution in [2.45, 2.75) is 58.5 Å². The number of amides is 1. The van der Waals surface area contributed by atoms with Gasteiger partial charge < -0.3 is 9.80 Å². The third kappa shape index (κ3) is 3.42. The Morgan fingerprint density at radius 3 is 2.78 bits per heavy atom. The van der Waals surface area contributed by atoms with Crippen LogP contribution in [0.2, 0.25) is 0 Å². The van der Waals surface area contributed by atoms with Gasteiger partial charge in [0.05, 0.1) is 0 Å². The molecule has 4 heteroatoms. The second-order valence-electron chi connectivity index (χ2n) is 7.56. The molecule has 0 radical (unpaired) electrons. The van der Waals surface area contributed by atoms with Gasteiger partial charge >= 0.3 is 0 Å². The molecule has 23 heavy (non-hydrogen) atoms. The summed E-state index contributed by atoms with van der Waals surface area (Å²) in [7, 11) is 2.15. The zero-order valence-electron chi connectivity index (χ0n) is 14.9. The van der Waals surface area contributed by atoms with E-state index in [9.17, 15) is 4.79 Å². The second kappa shape index (κ2) is 6.60. The van der Waals surface area contributed by atoms with Crippen LogP contribution in [0.15, 0.2) is 12.1 Å². The lowest BCUT2D eigenvalue weighted by Gasteiger charge is -2.38. The summed E-state index contributed by atoms with van der Waals surface area (Å²) in [6.45, 7) is 9.16. The Balaban J connectivity index is 1.68. The van der Waals surface area contributed by atoms with Crippen molar-refractivity contribution < 1.29 is 4.79 Å². The zero-order chi connectivity index (χ0) is 16.6. The first-order valence-corrected chi connectivity index (χ1v) is 8.93. The molecule has 1 amide bonds. The number of pyridine rings is 1. The Bertz CT molecular complexity index is 584. The molecular formula is C19H29N3O. The van der Waals surface area contributed by atoms with Gasteiger partial charge in [0, 0.05) is 42.9 Å². The number of fused-ring (bicyclic) bond motifs is 1. The highest BCUT2D eigenvalue weighted by molar-refractivity contribution is 5.79. The van der Waals surface area contributed by atoms with E-state index in [4.69, 9.17) is 4.98 Å². The van der Waals surface area contributed by atoms with Crippen molar-refractivity contribution in [2.24, 2.45) is 5.92 Å². The van der Waals surface area contributed by atoms with Crippen LogP contribution in [-0.4, -0.2) is 46.9 Å². The monoisotopic (exact) mass is 315 g/mol. The molecular weight excluding hydrogens is 286 g/mol. The van der Waals surface area contributed by atoms with Gasteiger partial charge in [-0.3, -0.25) is 9.78 Å². The second-order valence-corrected chi connectivity index (χ2v) is 7.56. The fraction of sp³-hybridized carbons (Fsp3) is 0.684. The third-order valence-corrected chi connectivity index (χ3v) is 5.53. The lowest BCUT2D eigenvalue weighted by molar-refractivity contribution is -0.138. The lowest BCUT2D eigenvalue weighted by Crippen LogP contribution is -2.46. The predicted octanol–water partition coefficient (Wildman–Crippen LogP) is 2.82. The fourth-order valence-corrected chi connectivity index (χ4v) is 3.71. The third-order valence-electron chi connectivity index (χ3n) is 5.53. The highest BCUT2D eigenvalue weighted by atomic mass is 16.2. The molecule has 1 aromatic heterocycles. The number of carbonyl (C=O) groups is 1. The standard InChI is InChI=1S/C19H29N3O/c1-13(2)17-6-5-16-12-22(10-8-18(16)20-17)19(23)15-7-9-21(4)14(3)11-15/h5-6,13-15H,7-12H2,1-4H3. The summed E-state index contributed by atoms with van der Waals surface area (Å²) in [6, 6.07) is 4.80. The van der Waals surface area contributed by atoms with Crippen LogP contribution in [0.4, 0.5) is 0 Å². The number of hydrogen-bond donors (Lipinski definition) is 0. The number of rotatable bonds is 2. The molecule has 3 rings (SSSR count). The highest BCUT2D eigenvalue weighted by Crippen LogP contribution is 2.27. The van der Waals surface area contributed by atoms with E-state index >= 15 is 0 Å². The molecule has 0 N–H and O–H groups in total. The molecule has 0 spiro atoms. The molecule has 1 saturated heterocycles. The number of likely N-dealkylation sites (tertiary alicyclic amines) is 1. The maximum Gasteiger partial charge on any atom is 0.226 e. The molecule has 0 bridgehead atoms. The normalized spacial score (nSPS) is 25.5. The van der Waals surface area contributed by atoms with Gasteiger partial charge in [0.25, 0.3) is 0 Å². The molecule has 3 heterocycles. The van der Waals surface area contributed by atoms with E-state index in [1.165, 1.54) is 11.3 Å². The Labute approximate surface area is 139 Å². The quantitative estimate of drug-likeness (QED) is 0.842. The highest BCUT2D eigenvalue weighted by Gasteiger charge is 2.32. The topological polar surface area (TPSA) is 36.4 Å². The van der Waals surface area contributed by atoms with Gasteiger partial charge in [-0.05, 0) is 50.9 Å². The van der Waals surface area contributed by atoms with Gasteiger partial charge in [0.15, 0.2) is 0 Å². The summed E-state index contributed by atoms with van der Waals surface area (Å²) in [5.41, 5.74) is 3.58. The van der Waals surface area contributed by atoms with E-state index in [-0.39, 0.29) is 5.92 Å². The first-order valence-electron chi connectivity index (χ1n) is 8.93. The first-order chi connectivity index (χ1) is 11.0. The molecule has 2 aliphatic heterocycles. The fourth-order valence-electron chi connectivity index (χ4n) is 3.71. The molecule has 126 valence electrons. The van der Waals surface area contributed by atoms with Gasteiger partial charge in [-0.25, -0.2) is 0 Å². The molecule has 1 aromatic rings. The van der Waals surface area contributed by atoms with Crippen molar-refractivity contribution in [1.29, 1.82) is 0 Å². The summed E-state index contributed by atoms with van der Waals surface area (Å²) in [5, 5.41) is 0. The van der Waals surface area contributed by atoms with Gasteiger partial charge in [-0.2, -0.15) is 0 Å². The minimum Gasteiger partial charge on any atom is -0.338 e. The minimum atomic E-state index is 0.200. The van der Waals surface area contributed by atoms with E-state index in [0.29, 0.717) is 17.9 Å². The van der Waals surface area contributed by atoms with Crippen LogP contribution in [0.1, 0.15) is 56.5 Å². The van der Waals surface area contributed by atoms with Crippen molar-refractivity contribution in [3.05, 3.63) is 29.1 Å². The van der Waals surface area contributed by atoms with E-state index < -0.39 is 0 Å². The first kappa shape index (κ1) is 16.4. The molecule has 1 fully saturated rings. The van der Waals surface area contributed by atoms with Crippen LogP contribution < -0.4 is 0 Å². The molecule has 0 aliphatic carbocycles. The zero-order valence-corrected chi connectivity index (χ0v) is 14.9. The van der Waals surface area contributed by atoms with Crippen LogP contribution >= 0.6 is 0 Å². The van der Waals surface area contributed by atoms with Crippen molar-refractivity contribution in [3.63, 3.8) is 0 Å². The van der Waals surface area contributed by atoms with Crippen molar-refractivity contribution >= 4 is 5.91 Å². The summed E-state index contributed by atoms with van der Waals surface area (Å²) < 4.78 is 0. The maximum absolute atomic E-state index is 12.9. The average Bonchev–Trinajstić information content (AvgIpc) is 2.55. The van der Waals surface area contributed by atoms with Crippen molar-refractivity contribution in [2.75, 3.05) is 20.1 Å². The number of nitrogens with zero attached hydrogens (tertiary/aromatic N) is 3. The van der Waals surface area contributed by atoms with Crippen molar-refractivity contribution in [3.8, 4) is 0 Å². The van der Waals surface area contributed by atoms with Crippen LogP contribution in [0, 0.1) is 5.92 Å². The van der Waals surface area contributed by atoms with Gasteiger partial charge in [0.2, 0.25) is 5.91 Å². The van der Waals surface area contributed by atoms with Crippen LogP contribution in [-0.2, 0) is 17.8 Å². The van der Waals surface area contributed by atoms with E-state index in [1.807, 2.05) is 0 Å². The molecule has 2 aliphatic rings. The number of piperidine rings is 1. The Hall–Kier alpha value is -1.42. The molecule has 0 saturated carbocycles. The van der Waals surface area contributed by atoms with Crippen LogP contribution in [0.25, 0.3) is 0 Å². The lowest BCUT2D eigenvalue weighted by atomic mass is 9.90. The molecule has 0 aromatic carbocycles. The number of aromatic nitrogens is 1. The summed E-state index contributed by atoms with van der Waals surface area (Å²) in [4.78, 5) is 22.1. The minimum absolute atomic E-state index is 0.200. The summed E-state index contributed by atoms with van der Waals surface area (Å²) >= 11 is 0. The number of carbonyl (C=O) groups excluding carboxylic acids is 1.